The molecule has 0 aromatic carbocycles. The minimum absolute atomic E-state index is 0.00576. The van der Waals surface area contributed by atoms with Crippen LogP contribution in [0.3, 0.4) is 0 Å². The number of carbonyl (C=O) groups is 1. The van der Waals surface area contributed by atoms with Gasteiger partial charge in [-0.3, -0.25) is 9.69 Å². The lowest BCUT2D eigenvalue weighted by Crippen LogP contribution is -2.42. The molecule has 1 aliphatic rings. The van der Waals surface area contributed by atoms with Crippen molar-refractivity contribution in [3.05, 3.63) is 47.3 Å². The van der Waals surface area contributed by atoms with Crippen LogP contribution in [-0.2, 0) is 23.0 Å². The Morgan fingerprint density at radius 1 is 1.31 bits per heavy atom. The van der Waals surface area contributed by atoms with Gasteiger partial charge in [0.2, 0.25) is 5.91 Å². The van der Waals surface area contributed by atoms with E-state index in [1.165, 1.54) is 39.2 Å². The van der Waals surface area contributed by atoms with Gasteiger partial charge in [0.1, 0.15) is 17.3 Å². The highest BCUT2D eigenvalue weighted by Crippen LogP contribution is 2.35. The Bertz CT molecular complexity index is 1300. The number of rotatable bonds is 15. The van der Waals surface area contributed by atoms with Crippen LogP contribution in [0, 0.1) is 23.2 Å². The zero-order chi connectivity index (χ0) is 30.9. The maximum atomic E-state index is 14.0. The SMILES string of the molecule is CCCN(CC(=O)N(C)CCCOC(C=CCc1cc2c(ncn2C)c(C#N)n1)=C(C(C)C)C(F)(F)F)CC1CCC1. The highest BCUT2D eigenvalue weighted by molar-refractivity contribution is 5.80. The summed E-state index contributed by atoms with van der Waals surface area (Å²) in [4.78, 5) is 25.2. The van der Waals surface area contributed by atoms with Gasteiger partial charge in [-0.2, -0.15) is 18.4 Å². The van der Waals surface area contributed by atoms with E-state index in [-0.39, 0.29) is 30.4 Å². The van der Waals surface area contributed by atoms with Crippen molar-refractivity contribution in [3.63, 3.8) is 0 Å². The first kappa shape index (κ1) is 33.1. The Hall–Kier alpha value is -3.39. The Morgan fingerprint density at radius 2 is 2.05 bits per heavy atom. The van der Waals surface area contributed by atoms with Crippen LogP contribution in [-0.4, -0.2) is 76.3 Å². The number of aromatic nitrogens is 3. The van der Waals surface area contributed by atoms with Crippen molar-refractivity contribution in [1.29, 1.82) is 5.26 Å². The topological polar surface area (TPSA) is 87.3 Å². The van der Waals surface area contributed by atoms with Crippen LogP contribution in [0.5, 0.6) is 0 Å². The summed E-state index contributed by atoms with van der Waals surface area (Å²) in [7, 11) is 3.52. The number of hydrogen-bond acceptors (Lipinski definition) is 6. The molecule has 0 saturated heterocycles. The number of imidazole rings is 1. The van der Waals surface area contributed by atoms with Crippen molar-refractivity contribution in [2.75, 3.05) is 39.8 Å². The molecule has 0 atom stereocenters. The molecule has 0 spiro atoms. The maximum absolute atomic E-state index is 14.0. The van der Waals surface area contributed by atoms with E-state index >= 15 is 0 Å². The van der Waals surface area contributed by atoms with Crippen molar-refractivity contribution in [2.24, 2.45) is 18.9 Å². The van der Waals surface area contributed by atoms with Gasteiger partial charge >= 0.3 is 6.18 Å². The number of likely N-dealkylation sites (N-methyl/N-ethyl adjacent to an activating group) is 1. The Labute approximate surface area is 246 Å². The third-order valence-electron chi connectivity index (χ3n) is 7.58. The van der Waals surface area contributed by atoms with Gasteiger partial charge in [-0.1, -0.05) is 33.3 Å². The van der Waals surface area contributed by atoms with Gasteiger partial charge in [-0.05, 0) is 56.2 Å². The van der Waals surface area contributed by atoms with Crippen molar-refractivity contribution < 1.29 is 22.7 Å². The van der Waals surface area contributed by atoms with Crippen molar-refractivity contribution in [2.45, 2.75) is 65.5 Å². The number of halogens is 3. The number of aryl methyl sites for hydroxylation is 1. The van der Waals surface area contributed by atoms with Gasteiger partial charge in [0.25, 0.3) is 0 Å². The molecule has 0 bridgehead atoms. The first-order valence-electron chi connectivity index (χ1n) is 14.7. The normalized spacial score (nSPS) is 14.9. The number of alkyl halides is 3. The number of pyridine rings is 1. The summed E-state index contributed by atoms with van der Waals surface area (Å²) in [5, 5.41) is 9.46. The van der Waals surface area contributed by atoms with Crippen LogP contribution in [0.4, 0.5) is 13.2 Å². The number of allylic oxidation sites excluding steroid dienone is 3. The van der Waals surface area contributed by atoms with E-state index in [0.717, 1.165) is 25.0 Å². The van der Waals surface area contributed by atoms with Crippen LogP contribution in [0.2, 0.25) is 0 Å². The average Bonchev–Trinajstić information content (AvgIpc) is 3.27. The first-order valence-corrected chi connectivity index (χ1v) is 14.7. The molecule has 0 radical (unpaired) electrons. The lowest BCUT2D eigenvalue weighted by Gasteiger charge is -2.32. The third-order valence-corrected chi connectivity index (χ3v) is 7.58. The predicted molar refractivity (Wildman–Crippen MR) is 156 cm³/mol. The number of fused-ring (bicyclic) bond motifs is 1. The van der Waals surface area contributed by atoms with Gasteiger partial charge in [0, 0.05) is 39.3 Å². The molecule has 1 aliphatic carbocycles. The minimum Gasteiger partial charge on any atom is -0.493 e. The molecular formula is C31H43F3N6O2. The second kappa shape index (κ2) is 15.2. The van der Waals surface area contributed by atoms with Crippen LogP contribution < -0.4 is 0 Å². The molecule has 11 heteroatoms. The summed E-state index contributed by atoms with van der Waals surface area (Å²) in [5.41, 5.74) is 1.15. The van der Waals surface area contributed by atoms with Crippen LogP contribution in [0.1, 0.15) is 64.3 Å². The van der Waals surface area contributed by atoms with Crippen LogP contribution in [0.25, 0.3) is 11.0 Å². The van der Waals surface area contributed by atoms with Gasteiger partial charge < -0.3 is 14.2 Å². The van der Waals surface area contributed by atoms with Gasteiger partial charge in [0.05, 0.1) is 30.6 Å². The molecule has 0 unspecified atom stereocenters. The quantitative estimate of drug-likeness (QED) is 0.149. The first-order chi connectivity index (χ1) is 19.9. The monoisotopic (exact) mass is 588 g/mol. The summed E-state index contributed by atoms with van der Waals surface area (Å²) in [5.74, 6) is -0.384. The highest BCUT2D eigenvalue weighted by atomic mass is 19.4. The van der Waals surface area contributed by atoms with Gasteiger partial charge in [0.15, 0.2) is 5.69 Å². The van der Waals surface area contributed by atoms with E-state index in [0.29, 0.717) is 36.6 Å². The molecule has 230 valence electrons. The fourth-order valence-electron chi connectivity index (χ4n) is 5.13. The Morgan fingerprint density at radius 3 is 2.64 bits per heavy atom. The van der Waals surface area contributed by atoms with E-state index in [4.69, 9.17) is 4.74 Å². The smallest absolute Gasteiger partial charge is 0.416 e. The molecular weight excluding hydrogens is 545 g/mol. The molecule has 2 aromatic rings. The number of carbonyl (C=O) groups excluding carboxylic acids is 1. The number of ether oxygens (including phenoxy) is 1. The summed E-state index contributed by atoms with van der Waals surface area (Å²) in [6.45, 7) is 7.65. The van der Waals surface area contributed by atoms with E-state index in [1.54, 1.807) is 42.0 Å². The summed E-state index contributed by atoms with van der Waals surface area (Å²) in [6.07, 6.45) is 5.20. The molecule has 1 saturated carbocycles. The van der Waals surface area contributed by atoms with Gasteiger partial charge in [-0.15, -0.1) is 0 Å². The van der Waals surface area contributed by atoms with E-state index in [1.807, 2.05) is 6.07 Å². The number of nitrogens with zero attached hydrogens (tertiary/aromatic N) is 6. The molecule has 8 nitrogen and oxygen atoms in total. The van der Waals surface area contributed by atoms with Gasteiger partial charge in [-0.25, -0.2) is 9.97 Å². The summed E-state index contributed by atoms with van der Waals surface area (Å²) in [6, 6.07) is 3.80. The Balaban J connectivity index is 1.64. The van der Waals surface area contributed by atoms with Crippen molar-refractivity contribution in [3.8, 4) is 6.07 Å². The molecule has 2 heterocycles. The minimum atomic E-state index is -4.57. The molecule has 1 fully saturated rings. The zero-order valence-corrected chi connectivity index (χ0v) is 25.4. The van der Waals surface area contributed by atoms with E-state index in [2.05, 4.69) is 21.8 Å². The third kappa shape index (κ3) is 9.05. The standard InChI is InChI=1S/C31H43F3N6O2/c1-6-14-40(19-23-10-7-11-23)20-28(41)38(4)15-9-16-42-27(29(22(2)3)31(32,33)34)13-8-12-24-17-26-30(25(18-35)37-24)36-21-39(26)5/h8,13,17,21-23H,6-7,9-12,14-16,19-20H2,1-5H3. The maximum Gasteiger partial charge on any atom is 0.416 e. The number of nitriles is 1. The molecule has 42 heavy (non-hydrogen) atoms. The van der Waals surface area contributed by atoms with E-state index in [9.17, 15) is 23.2 Å². The van der Waals surface area contributed by atoms with Crippen LogP contribution in [0.15, 0.2) is 35.9 Å². The lowest BCUT2D eigenvalue weighted by molar-refractivity contribution is -0.131. The van der Waals surface area contributed by atoms with Crippen molar-refractivity contribution in [1.82, 2.24) is 24.3 Å². The number of hydrogen-bond donors (Lipinski definition) is 0. The van der Waals surface area contributed by atoms with Crippen molar-refractivity contribution >= 4 is 16.9 Å². The predicted octanol–water partition coefficient (Wildman–Crippen LogP) is 5.79. The van der Waals surface area contributed by atoms with E-state index < -0.39 is 17.7 Å². The fraction of sp³-hybridized carbons (Fsp3) is 0.613. The Kier molecular flexibility index (Phi) is 12.0. The zero-order valence-electron chi connectivity index (χ0n) is 25.4. The molecule has 3 rings (SSSR count). The number of amides is 1. The second-order valence-corrected chi connectivity index (χ2v) is 11.4. The average molecular weight is 589 g/mol. The highest BCUT2D eigenvalue weighted by Gasteiger charge is 2.38. The molecule has 0 N–H and O–H groups in total. The fourth-order valence-corrected chi connectivity index (χ4v) is 5.13. The van der Waals surface area contributed by atoms with Crippen LogP contribution >= 0.6 is 0 Å². The lowest BCUT2D eigenvalue weighted by atomic mass is 9.85. The molecule has 1 amide bonds. The second-order valence-electron chi connectivity index (χ2n) is 11.4. The summed E-state index contributed by atoms with van der Waals surface area (Å²) >= 11 is 0. The summed E-state index contributed by atoms with van der Waals surface area (Å²) < 4.78 is 49.5. The molecule has 0 aliphatic heterocycles. The largest absolute Gasteiger partial charge is 0.493 e. The molecule has 2 aromatic heterocycles.